The first-order valence-electron chi connectivity index (χ1n) is 7.81. The largest absolute Gasteiger partial charge is 0.327 e. The smallest absolute Gasteiger partial charge is 0.226 e. The van der Waals surface area contributed by atoms with E-state index in [0.29, 0.717) is 17.5 Å². The van der Waals surface area contributed by atoms with Gasteiger partial charge in [0.1, 0.15) is 0 Å². The number of carbonyl (C=O) groups excluding carboxylic acids is 1. The van der Waals surface area contributed by atoms with E-state index in [-0.39, 0.29) is 11.9 Å². The molecule has 0 unspecified atom stereocenters. The fourth-order valence-electron chi connectivity index (χ4n) is 2.95. The van der Waals surface area contributed by atoms with Crippen molar-refractivity contribution in [1.29, 1.82) is 0 Å². The summed E-state index contributed by atoms with van der Waals surface area (Å²) >= 11 is 3.18. The van der Waals surface area contributed by atoms with E-state index in [9.17, 15) is 4.79 Å². The first-order valence-corrected chi connectivity index (χ1v) is 9.91. The van der Waals surface area contributed by atoms with Gasteiger partial charge >= 0.3 is 0 Å². The number of amides is 1. The maximum absolute atomic E-state index is 12.1. The molecule has 0 aliphatic heterocycles. The van der Waals surface area contributed by atoms with Gasteiger partial charge in [-0.25, -0.2) is 4.98 Å². The Kier molecular flexibility index (Phi) is 5.35. The Labute approximate surface area is 144 Å². The summed E-state index contributed by atoms with van der Waals surface area (Å²) in [6, 6.07) is 8.45. The van der Waals surface area contributed by atoms with E-state index in [1.165, 1.54) is 16.2 Å². The molecular formula is C17H21N3OS2. The molecule has 2 aromatic rings. The van der Waals surface area contributed by atoms with Crippen LogP contribution in [0.2, 0.25) is 0 Å². The molecule has 1 aromatic carbocycles. The molecule has 1 aliphatic rings. The minimum absolute atomic E-state index is 0.0194. The van der Waals surface area contributed by atoms with E-state index in [0.717, 1.165) is 30.5 Å². The Bertz CT molecular complexity index is 669. The van der Waals surface area contributed by atoms with E-state index < -0.39 is 0 Å². The van der Waals surface area contributed by atoms with Gasteiger partial charge < -0.3 is 11.1 Å². The van der Waals surface area contributed by atoms with Crippen LogP contribution in [0.1, 0.15) is 25.7 Å². The third kappa shape index (κ3) is 4.13. The Morgan fingerprint density at radius 1 is 1.39 bits per heavy atom. The highest BCUT2D eigenvalue weighted by Crippen LogP contribution is 2.29. The van der Waals surface area contributed by atoms with E-state index in [2.05, 4.69) is 40.8 Å². The molecular weight excluding hydrogens is 326 g/mol. The molecule has 1 amide bonds. The number of benzene rings is 1. The highest BCUT2D eigenvalue weighted by atomic mass is 32.2. The predicted molar refractivity (Wildman–Crippen MR) is 97.9 cm³/mol. The Morgan fingerprint density at radius 3 is 2.83 bits per heavy atom. The third-order valence-electron chi connectivity index (χ3n) is 4.30. The maximum Gasteiger partial charge on any atom is 0.226 e. The van der Waals surface area contributed by atoms with Gasteiger partial charge in [0.25, 0.3) is 0 Å². The number of hydrogen-bond acceptors (Lipinski definition) is 5. The first-order chi connectivity index (χ1) is 11.2. The fraction of sp³-hybridized carbons (Fsp3) is 0.412. The molecule has 4 nitrogen and oxygen atoms in total. The van der Waals surface area contributed by atoms with Crippen molar-refractivity contribution in [3.8, 4) is 11.3 Å². The van der Waals surface area contributed by atoms with Gasteiger partial charge in [-0.05, 0) is 37.1 Å². The monoisotopic (exact) mass is 347 g/mol. The standard InChI is InChI=1S/C17H21N3OS2/c1-22-13-7-5-11(6-8-13)15-10-23-17(19-15)20-16(21)9-12-3-2-4-14(12)18/h5-8,10,12,14H,2-4,9,18H2,1H3,(H,19,20,21)/t12-,14+/m0/s1. The normalized spacial score (nSPS) is 20.6. The van der Waals surface area contributed by atoms with Gasteiger partial charge in [-0.3, -0.25) is 4.79 Å². The number of aromatic nitrogens is 1. The van der Waals surface area contributed by atoms with Gasteiger partial charge in [0, 0.05) is 28.3 Å². The molecule has 6 heteroatoms. The van der Waals surface area contributed by atoms with Crippen LogP contribution in [0.5, 0.6) is 0 Å². The number of anilines is 1. The molecule has 0 saturated heterocycles. The first kappa shape index (κ1) is 16.5. The van der Waals surface area contributed by atoms with Gasteiger partial charge in [0.15, 0.2) is 5.13 Å². The van der Waals surface area contributed by atoms with Crippen molar-refractivity contribution in [2.75, 3.05) is 11.6 Å². The number of hydrogen-bond donors (Lipinski definition) is 2. The molecule has 2 atom stereocenters. The van der Waals surface area contributed by atoms with Crippen LogP contribution in [0.4, 0.5) is 5.13 Å². The number of nitrogens with one attached hydrogen (secondary N) is 1. The topological polar surface area (TPSA) is 68.0 Å². The van der Waals surface area contributed by atoms with Crippen LogP contribution in [-0.4, -0.2) is 23.2 Å². The summed E-state index contributed by atoms with van der Waals surface area (Å²) in [4.78, 5) is 17.9. The van der Waals surface area contributed by atoms with Gasteiger partial charge in [-0.2, -0.15) is 0 Å². The number of carbonyl (C=O) groups is 1. The lowest BCUT2D eigenvalue weighted by Crippen LogP contribution is -2.28. The van der Waals surface area contributed by atoms with Crippen molar-refractivity contribution in [2.24, 2.45) is 11.7 Å². The van der Waals surface area contributed by atoms with Gasteiger partial charge in [-0.1, -0.05) is 18.6 Å². The number of nitrogens with two attached hydrogens (primary N) is 1. The Hall–Kier alpha value is -1.37. The fourth-order valence-corrected chi connectivity index (χ4v) is 4.10. The molecule has 3 rings (SSSR count). The van der Waals surface area contributed by atoms with Crippen LogP contribution in [-0.2, 0) is 4.79 Å². The quantitative estimate of drug-likeness (QED) is 0.803. The van der Waals surface area contributed by atoms with Crippen LogP contribution in [0, 0.1) is 5.92 Å². The van der Waals surface area contributed by atoms with Gasteiger partial charge in [0.2, 0.25) is 5.91 Å². The lowest BCUT2D eigenvalue weighted by molar-refractivity contribution is -0.117. The molecule has 1 heterocycles. The SMILES string of the molecule is CSc1ccc(-c2csc(NC(=O)C[C@@H]3CCC[C@H]3N)n2)cc1. The zero-order valence-electron chi connectivity index (χ0n) is 13.1. The summed E-state index contributed by atoms with van der Waals surface area (Å²) in [7, 11) is 0. The Balaban J connectivity index is 1.61. The number of thiazole rings is 1. The second-order valence-corrected chi connectivity index (χ2v) is 7.61. The molecule has 0 spiro atoms. The lowest BCUT2D eigenvalue weighted by Gasteiger charge is -2.13. The van der Waals surface area contributed by atoms with Crippen LogP contribution < -0.4 is 11.1 Å². The van der Waals surface area contributed by atoms with E-state index >= 15 is 0 Å². The average Bonchev–Trinajstić information content (AvgIpc) is 3.17. The van der Waals surface area contributed by atoms with Crippen molar-refractivity contribution >= 4 is 34.1 Å². The van der Waals surface area contributed by atoms with Gasteiger partial charge in [-0.15, -0.1) is 23.1 Å². The number of thioether (sulfide) groups is 1. The molecule has 1 aromatic heterocycles. The summed E-state index contributed by atoms with van der Waals surface area (Å²) in [5, 5.41) is 5.55. The highest BCUT2D eigenvalue weighted by Gasteiger charge is 2.26. The van der Waals surface area contributed by atoms with Crippen molar-refractivity contribution < 1.29 is 4.79 Å². The van der Waals surface area contributed by atoms with Crippen molar-refractivity contribution in [1.82, 2.24) is 4.98 Å². The summed E-state index contributed by atoms with van der Waals surface area (Å²) < 4.78 is 0. The molecule has 3 N–H and O–H groups in total. The molecule has 23 heavy (non-hydrogen) atoms. The van der Waals surface area contributed by atoms with Crippen LogP contribution in [0.15, 0.2) is 34.5 Å². The maximum atomic E-state index is 12.1. The number of rotatable bonds is 5. The zero-order chi connectivity index (χ0) is 16.2. The summed E-state index contributed by atoms with van der Waals surface area (Å²) in [5.41, 5.74) is 8.00. The number of nitrogens with zero attached hydrogens (tertiary/aromatic N) is 1. The zero-order valence-corrected chi connectivity index (χ0v) is 14.8. The van der Waals surface area contributed by atoms with Crippen molar-refractivity contribution in [2.45, 2.75) is 36.6 Å². The summed E-state index contributed by atoms with van der Waals surface area (Å²) in [6.07, 6.45) is 5.78. The summed E-state index contributed by atoms with van der Waals surface area (Å²) in [5.74, 6) is 0.333. The molecule has 0 radical (unpaired) electrons. The molecule has 122 valence electrons. The van der Waals surface area contributed by atoms with Crippen molar-refractivity contribution in [3.63, 3.8) is 0 Å². The van der Waals surface area contributed by atoms with E-state index in [4.69, 9.17) is 5.73 Å². The average molecular weight is 348 g/mol. The summed E-state index contributed by atoms with van der Waals surface area (Å²) in [6.45, 7) is 0. The Morgan fingerprint density at radius 2 is 2.17 bits per heavy atom. The second-order valence-electron chi connectivity index (χ2n) is 5.87. The predicted octanol–water partition coefficient (Wildman–Crippen LogP) is 3.99. The van der Waals surface area contributed by atoms with E-state index in [1.54, 1.807) is 11.8 Å². The molecule has 1 aliphatic carbocycles. The molecule has 1 fully saturated rings. The lowest BCUT2D eigenvalue weighted by atomic mass is 10.00. The third-order valence-corrected chi connectivity index (χ3v) is 5.80. The second kappa shape index (κ2) is 7.47. The van der Waals surface area contributed by atoms with E-state index in [1.807, 2.05) is 5.38 Å². The van der Waals surface area contributed by atoms with Crippen LogP contribution in [0.3, 0.4) is 0 Å². The minimum atomic E-state index is 0.0194. The van der Waals surface area contributed by atoms with Crippen molar-refractivity contribution in [3.05, 3.63) is 29.6 Å². The molecule has 0 bridgehead atoms. The van der Waals surface area contributed by atoms with Crippen LogP contribution >= 0.6 is 23.1 Å². The molecule has 1 saturated carbocycles. The van der Waals surface area contributed by atoms with Crippen LogP contribution in [0.25, 0.3) is 11.3 Å². The highest BCUT2D eigenvalue weighted by molar-refractivity contribution is 7.98. The van der Waals surface area contributed by atoms with Gasteiger partial charge in [0.05, 0.1) is 5.69 Å². The minimum Gasteiger partial charge on any atom is -0.327 e.